The molecule has 0 aromatic carbocycles. The zero-order valence-corrected chi connectivity index (χ0v) is 17.6. The molecule has 0 atom stereocenters. The number of ether oxygens (including phenoxy) is 1. The van der Waals surface area contributed by atoms with Crippen LogP contribution >= 0.6 is 11.6 Å². The Labute approximate surface area is 162 Å². The summed E-state index contributed by atoms with van der Waals surface area (Å²) in [5.41, 5.74) is 0. The Morgan fingerprint density at radius 1 is 0.640 bits per heavy atom. The highest BCUT2D eigenvalue weighted by Crippen LogP contribution is 2.13. The Bertz CT molecular complexity index is 269. The molecule has 0 aromatic heterocycles. The van der Waals surface area contributed by atoms with Crippen LogP contribution < -0.4 is 0 Å². The Morgan fingerprint density at radius 3 is 1.52 bits per heavy atom. The summed E-state index contributed by atoms with van der Waals surface area (Å²) in [6.07, 6.45) is 22.6. The molecule has 0 unspecified atom stereocenters. The van der Waals surface area contributed by atoms with E-state index in [0.29, 0.717) is 18.9 Å². The molecule has 25 heavy (non-hydrogen) atoms. The summed E-state index contributed by atoms with van der Waals surface area (Å²) >= 11 is 5.58. The Hall–Kier alpha value is -0.240. The van der Waals surface area contributed by atoms with Gasteiger partial charge in [-0.2, -0.15) is 0 Å². The molecule has 0 aliphatic heterocycles. The van der Waals surface area contributed by atoms with Crippen molar-refractivity contribution < 1.29 is 9.53 Å². The van der Waals surface area contributed by atoms with Crippen LogP contribution in [-0.2, 0) is 9.53 Å². The molecule has 0 heterocycles. The highest BCUT2D eigenvalue weighted by atomic mass is 35.5. The molecule has 3 heteroatoms. The first-order chi connectivity index (χ1) is 12.3. The fourth-order valence-corrected chi connectivity index (χ4v) is 3.28. The van der Waals surface area contributed by atoms with Crippen LogP contribution in [0.4, 0.5) is 0 Å². The minimum absolute atomic E-state index is 0.0377. The van der Waals surface area contributed by atoms with E-state index < -0.39 is 0 Å². The highest BCUT2D eigenvalue weighted by molar-refractivity contribution is 6.17. The number of hydrogen-bond donors (Lipinski definition) is 0. The Morgan fingerprint density at radius 2 is 1.08 bits per heavy atom. The zero-order valence-electron chi connectivity index (χ0n) is 16.8. The molecule has 0 rings (SSSR count). The van der Waals surface area contributed by atoms with E-state index >= 15 is 0 Å². The van der Waals surface area contributed by atoms with Crippen LogP contribution in [0.1, 0.15) is 122 Å². The molecule has 0 aliphatic carbocycles. The number of alkyl halides is 1. The van der Waals surface area contributed by atoms with Gasteiger partial charge in [0.2, 0.25) is 0 Å². The minimum atomic E-state index is -0.0377. The summed E-state index contributed by atoms with van der Waals surface area (Å²) in [5.74, 6) is 0.612. The molecule has 150 valence electrons. The standard InChI is InChI=1S/C22H43ClO2/c1-2-3-4-5-6-7-8-9-10-11-12-13-14-15-16-19-22(24)25-21-18-17-20-23/h2-21H2,1H3. The van der Waals surface area contributed by atoms with Crippen LogP contribution in [0.3, 0.4) is 0 Å². The summed E-state index contributed by atoms with van der Waals surface area (Å²) in [6, 6.07) is 0. The van der Waals surface area contributed by atoms with Crippen LogP contribution in [0, 0.1) is 0 Å². The lowest BCUT2D eigenvalue weighted by Crippen LogP contribution is -2.05. The van der Waals surface area contributed by atoms with E-state index in [-0.39, 0.29) is 5.97 Å². The van der Waals surface area contributed by atoms with Gasteiger partial charge in [0.25, 0.3) is 0 Å². The van der Waals surface area contributed by atoms with Gasteiger partial charge in [-0.05, 0) is 19.3 Å². The maximum absolute atomic E-state index is 11.5. The number of hydrogen-bond acceptors (Lipinski definition) is 2. The summed E-state index contributed by atoms with van der Waals surface area (Å²) in [5, 5.41) is 0. The Balaban J connectivity index is 3.08. The fraction of sp³-hybridized carbons (Fsp3) is 0.955. The predicted molar refractivity (Wildman–Crippen MR) is 110 cm³/mol. The quantitative estimate of drug-likeness (QED) is 0.123. The highest BCUT2D eigenvalue weighted by Gasteiger charge is 2.02. The smallest absolute Gasteiger partial charge is 0.305 e. The molecule has 0 saturated heterocycles. The Kier molecular flexibility index (Phi) is 21.6. The first-order valence-corrected chi connectivity index (χ1v) is 11.6. The number of carbonyl (C=O) groups is 1. The number of halogens is 1. The topological polar surface area (TPSA) is 26.3 Å². The van der Waals surface area contributed by atoms with Crippen LogP contribution in [0.15, 0.2) is 0 Å². The van der Waals surface area contributed by atoms with Crippen molar-refractivity contribution in [1.29, 1.82) is 0 Å². The minimum Gasteiger partial charge on any atom is -0.466 e. The molecule has 0 bridgehead atoms. The van der Waals surface area contributed by atoms with Crippen molar-refractivity contribution in [2.45, 2.75) is 122 Å². The fourth-order valence-electron chi connectivity index (χ4n) is 3.10. The monoisotopic (exact) mass is 374 g/mol. The first-order valence-electron chi connectivity index (χ1n) is 11.0. The van der Waals surface area contributed by atoms with Gasteiger partial charge in [0.05, 0.1) is 6.61 Å². The third kappa shape index (κ3) is 21.7. The SMILES string of the molecule is CCCCCCCCCCCCCCCCCC(=O)OCCCCCl. The lowest BCUT2D eigenvalue weighted by atomic mass is 10.0. The molecule has 0 saturated carbocycles. The average Bonchev–Trinajstić information content (AvgIpc) is 2.62. The first kappa shape index (κ1) is 24.8. The van der Waals surface area contributed by atoms with Crippen LogP contribution in [0.2, 0.25) is 0 Å². The molecule has 0 fully saturated rings. The lowest BCUT2D eigenvalue weighted by molar-refractivity contribution is -0.143. The molecular formula is C22H43ClO2. The summed E-state index contributed by atoms with van der Waals surface area (Å²) < 4.78 is 5.17. The van der Waals surface area contributed by atoms with Gasteiger partial charge in [-0.3, -0.25) is 4.79 Å². The molecular weight excluding hydrogens is 332 g/mol. The van der Waals surface area contributed by atoms with Crippen LogP contribution in [0.25, 0.3) is 0 Å². The van der Waals surface area contributed by atoms with E-state index in [4.69, 9.17) is 16.3 Å². The van der Waals surface area contributed by atoms with Gasteiger partial charge in [0.1, 0.15) is 0 Å². The van der Waals surface area contributed by atoms with Gasteiger partial charge >= 0.3 is 5.97 Å². The van der Waals surface area contributed by atoms with E-state index in [9.17, 15) is 4.79 Å². The van der Waals surface area contributed by atoms with E-state index in [2.05, 4.69) is 6.92 Å². The van der Waals surface area contributed by atoms with Crippen molar-refractivity contribution in [2.24, 2.45) is 0 Å². The maximum Gasteiger partial charge on any atom is 0.305 e. The van der Waals surface area contributed by atoms with Crippen molar-refractivity contribution in [3.8, 4) is 0 Å². The number of rotatable bonds is 20. The number of unbranched alkanes of at least 4 members (excludes halogenated alkanes) is 15. The van der Waals surface area contributed by atoms with Crippen molar-refractivity contribution >= 4 is 17.6 Å². The van der Waals surface area contributed by atoms with Gasteiger partial charge in [-0.1, -0.05) is 96.8 Å². The van der Waals surface area contributed by atoms with E-state index in [0.717, 1.165) is 25.7 Å². The third-order valence-electron chi connectivity index (χ3n) is 4.78. The molecule has 0 spiro atoms. The molecule has 0 amide bonds. The van der Waals surface area contributed by atoms with Gasteiger partial charge in [-0.15, -0.1) is 11.6 Å². The molecule has 0 aromatic rings. The van der Waals surface area contributed by atoms with Crippen molar-refractivity contribution in [2.75, 3.05) is 12.5 Å². The van der Waals surface area contributed by atoms with Gasteiger partial charge in [-0.25, -0.2) is 0 Å². The van der Waals surface area contributed by atoms with Gasteiger partial charge < -0.3 is 4.74 Å². The molecule has 2 nitrogen and oxygen atoms in total. The second-order valence-corrected chi connectivity index (χ2v) is 7.69. The third-order valence-corrected chi connectivity index (χ3v) is 5.04. The van der Waals surface area contributed by atoms with Gasteiger partial charge in [0, 0.05) is 12.3 Å². The van der Waals surface area contributed by atoms with Gasteiger partial charge in [0.15, 0.2) is 0 Å². The largest absolute Gasteiger partial charge is 0.466 e. The van der Waals surface area contributed by atoms with Crippen molar-refractivity contribution in [3.05, 3.63) is 0 Å². The lowest BCUT2D eigenvalue weighted by Gasteiger charge is -2.05. The second-order valence-electron chi connectivity index (χ2n) is 7.32. The van der Waals surface area contributed by atoms with Crippen LogP contribution in [-0.4, -0.2) is 18.5 Å². The summed E-state index contributed by atoms with van der Waals surface area (Å²) in [7, 11) is 0. The van der Waals surface area contributed by atoms with Crippen molar-refractivity contribution in [1.82, 2.24) is 0 Å². The predicted octanol–water partition coefficient (Wildman–Crippen LogP) is 7.81. The maximum atomic E-state index is 11.5. The molecule has 0 N–H and O–H groups in total. The number of esters is 1. The molecule has 0 radical (unpaired) electrons. The second kappa shape index (κ2) is 21.8. The van der Waals surface area contributed by atoms with E-state index in [1.807, 2.05) is 0 Å². The van der Waals surface area contributed by atoms with Crippen molar-refractivity contribution in [3.63, 3.8) is 0 Å². The summed E-state index contributed by atoms with van der Waals surface area (Å²) in [6.45, 7) is 2.81. The summed E-state index contributed by atoms with van der Waals surface area (Å²) in [4.78, 5) is 11.5. The normalized spacial score (nSPS) is 11.0. The zero-order chi connectivity index (χ0) is 18.4. The molecule has 0 aliphatic rings. The average molecular weight is 375 g/mol. The van der Waals surface area contributed by atoms with E-state index in [1.165, 1.54) is 83.5 Å². The van der Waals surface area contributed by atoms with Crippen LogP contribution in [0.5, 0.6) is 0 Å². The number of carbonyl (C=O) groups excluding carboxylic acids is 1. The van der Waals surface area contributed by atoms with E-state index in [1.54, 1.807) is 0 Å².